The van der Waals surface area contributed by atoms with Gasteiger partial charge in [-0.1, -0.05) is 25.1 Å². The lowest BCUT2D eigenvalue weighted by Gasteiger charge is -2.35. The first-order valence-electron chi connectivity index (χ1n) is 7.76. The minimum Gasteiger partial charge on any atom is -0.339 e. The highest BCUT2D eigenvalue weighted by Gasteiger charge is 2.26. The number of para-hydroxylation sites is 1. The smallest absolute Gasteiger partial charge is 0.233 e. The van der Waals surface area contributed by atoms with Gasteiger partial charge in [0.2, 0.25) is 11.8 Å². The van der Waals surface area contributed by atoms with Crippen molar-refractivity contribution in [1.82, 2.24) is 4.90 Å². The van der Waals surface area contributed by atoms with Gasteiger partial charge in [-0.25, -0.2) is 0 Å². The predicted molar refractivity (Wildman–Crippen MR) is 84.1 cm³/mol. The molecule has 0 saturated carbocycles. The number of carbonyl (C=O) groups is 2. The van der Waals surface area contributed by atoms with Crippen molar-refractivity contribution in [1.29, 1.82) is 0 Å². The molecular weight excluding hydrogens is 264 g/mol. The molecule has 1 N–H and O–H groups in total. The van der Waals surface area contributed by atoms with Crippen LogP contribution < -0.4 is 5.32 Å². The number of rotatable bonds is 4. The van der Waals surface area contributed by atoms with Gasteiger partial charge in [-0.05, 0) is 44.2 Å². The molecule has 1 unspecified atom stereocenters. The molecule has 0 aromatic heterocycles. The Labute approximate surface area is 126 Å². The lowest BCUT2D eigenvalue weighted by molar-refractivity contribution is -0.137. The number of amides is 2. The van der Waals surface area contributed by atoms with E-state index < -0.39 is 0 Å². The van der Waals surface area contributed by atoms with Crippen LogP contribution in [0.3, 0.4) is 0 Å². The van der Waals surface area contributed by atoms with Gasteiger partial charge in [-0.2, -0.15) is 0 Å². The lowest BCUT2D eigenvalue weighted by Crippen LogP contribution is -2.44. The Morgan fingerprint density at radius 1 is 1.29 bits per heavy atom. The zero-order chi connectivity index (χ0) is 15.2. The second-order valence-electron chi connectivity index (χ2n) is 5.68. The lowest BCUT2D eigenvalue weighted by atomic mass is 9.99. The summed E-state index contributed by atoms with van der Waals surface area (Å²) in [5, 5.41) is 2.83. The Morgan fingerprint density at radius 2 is 2.05 bits per heavy atom. The molecule has 2 amide bonds. The summed E-state index contributed by atoms with van der Waals surface area (Å²) < 4.78 is 0. The summed E-state index contributed by atoms with van der Waals surface area (Å²) in [6.45, 7) is 4.83. The maximum atomic E-state index is 12.3. The normalized spacial score (nSPS) is 18.4. The molecule has 4 heteroatoms. The van der Waals surface area contributed by atoms with E-state index in [1.807, 2.05) is 36.1 Å². The topological polar surface area (TPSA) is 49.4 Å². The van der Waals surface area contributed by atoms with Crippen LogP contribution in [0.5, 0.6) is 0 Å². The second-order valence-corrected chi connectivity index (χ2v) is 5.68. The molecule has 1 aliphatic heterocycles. The summed E-state index contributed by atoms with van der Waals surface area (Å²) in [7, 11) is 0. The van der Waals surface area contributed by atoms with Crippen LogP contribution in [0.1, 0.15) is 44.6 Å². The van der Waals surface area contributed by atoms with Gasteiger partial charge in [0.05, 0.1) is 0 Å². The van der Waals surface area contributed by atoms with Crippen molar-refractivity contribution in [2.45, 2.75) is 52.0 Å². The Morgan fingerprint density at radius 3 is 2.76 bits per heavy atom. The van der Waals surface area contributed by atoms with E-state index in [-0.39, 0.29) is 18.2 Å². The number of carbonyl (C=O) groups excluding carboxylic acids is 2. The molecule has 1 fully saturated rings. The Balaban J connectivity index is 1.93. The van der Waals surface area contributed by atoms with E-state index in [0.29, 0.717) is 6.04 Å². The van der Waals surface area contributed by atoms with E-state index in [1.165, 1.54) is 6.42 Å². The van der Waals surface area contributed by atoms with Crippen molar-refractivity contribution in [3.05, 3.63) is 29.8 Å². The molecule has 1 aliphatic rings. The summed E-state index contributed by atoms with van der Waals surface area (Å²) in [6.07, 6.45) is 4.18. The molecule has 1 atom stereocenters. The molecule has 0 bridgehead atoms. The van der Waals surface area contributed by atoms with E-state index >= 15 is 0 Å². The maximum Gasteiger partial charge on any atom is 0.233 e. The molecular formula is C17H24N2O2. The van der Waals surface area contributed by atoms with Gasteiger partial charge in [0.1, 0.15) is 6.42 Å². The number of nitrogens with zero attached hydrogens (tertiary/aromatic N) is 1. The molecule has 114 valence electrons. The van der Waals surface area contributed by atoms with Crippen LogP contribution in [-0.2, 0) is 9.59 Å². The van der Waals surface area contributed by atoms with Crippen molar-refractivity contribution in [2.75, 3.05) is 11.9 Å². The minimum atomic E-state index is -0.227. The van der Waals surface area contributed by atoms with E-state index in [0.717, 1.165) is 37.1 Å². The SMILES string of the molecule is CCC1CCCCN1C(=O)CC(=O)Nc1ccccc1C. The third kappa shape index (κ3) is 4.06. The fourth-order valence-corrected chi connectivity index (χ4v) is 2.90. The highest BCUT2D eigenvalue weighted by Crippen LogP contribution is 2.20. The van der Waals surface area contributed by atoms with Crippen LogP contribution in [0.4, 0.5) is 5.69 Å². The van der Waals surface area contributed by atoms with Crippen LogP contribution in [0.25, 0.3) is 0 Å². The van der Waals surface area contributed by atoms with E-state index in [1.54, 1.807) is 0 Å². The number of hydrogen-bond acceptors (Lipinski definition) is 2. The zero-order valence-corrected chi connectivity index (χ0v) is 12.9. The number of hydrogen-bond donors (Lipinski definition) is 1. The number of aryl methyl sites for hydroxylation is 1. The predicted octanol–water partition coefficient (Wildman–Crippen LogP) is 3.11. The summed E-state index contributed by atoms with van der Waals surface area (Å²) in [5.74, 6) is -0.276. The molecule has 2 rings (SSSR count). The first-order chi connectivity index (χ1) is 10.1. The maximum absolute atomic E-state index is 12.3. The summed E-state index contributed by atoms with van der Waals surface area (Å²) in [6, 6.07) is 7.90. The number of anilines is 1. The van der Waals surface area contributed by atoms with E-state index in [2.05, 4.69) is 12.2 Å². The van der Waals surface area contributed by atoms with Crippen LogP contribution in [0.2, 0.25) is 0 Å². The molecule has 0 radical (unpaired) electrons. The molecule has 1 heterocycles. The van der Waals surface area contributed by atoms with Gasteiger partial charge in [-0.15, -0.1) is 0 Å². The van der Waals surface area contributed by atoms with Crippen LogP contribution in [0, 0.1) is 6.92 Å². The highest BCUT2D eigenvalue weighted by molar-refractivity contribution is 6.03. The molecule has 21 heavy (non-hydrogen) atoms. The standard InChI is InChI=1S/C17H24N2O2/c1-3-14-9-6-7-11-19(14)17(21)12-16(20)18-15-10-5-4-8-13(15)2/h4-5,8,10,14H,3,6-7,9,11-12H2,1-2H3,(H,18,20). The highest BCUT2D eigenvalue weighted by atomic mass is 16.2. The van der Waals surface area contributed by atoms with Crippen LogP contribution >= 0.6 is 0 Å². The van der Waals surface area contributed by atoms with Gasteiger partial charge < -0.3 is 10.2 Å². The van der Waals surface area contributed by atoms with E-state index in [9.17, 15) is 9.59 Å². The monoisotopic (exact) mass is 288 g/mol. The van der Waals surface area contributed by atoms with Crippen LogP contribution in [-0.4, -0.2) is 29.3 Å². The van der Waals surface area contributed by atoms with Crippen molar-refractivity contribution in [3.63, 3.8) is 0 Å². The molecule has 1 aromatic rings. The fourth-order valence-electron chi connectivity index (χ4n) is 2.90. The van der Waals surface area contributed by atoms with Gasteiger partial charge in [0.15, 0.2) is 0 Å². The average Bonchev–Trinajstić information content (AvgIpc) is 2.49. The van der Waals surface area contributed by atoms with Gasteiger partial charge >= 0.3 is 0 Å². The van der Waals surface area contributed by atoms with Crippen LogP contribution in [0.15, 0.2) is 24.3 Å². The molecule has 1 aromatic carbocycles. The quantitative estimate of drug-likeness (QED) is 0.865. The second kappa shape index (κ2) is 7.25. The number of piperidine rings is 1. The summed E-state index contributed by atoms with van der Waals surface area (Å²) >= 11 is 0. The molecule has 1 saturated heterocycles. The minimum absolute atomic E-state index is 0.0485. The first-order valence-corrected chi connectivity index (χ1v) is 7.76. The molecule has 0 aliphatic carbocycles. The zero-order valence-electron chi connectivity index (χ0n) is 12.9. The van der Waals surface area contributed by atoms with E-state index in [4.69, 9.17) is 0 Å². The third-order valence-corrected chi connectivity index (χ3v) is 4.15. The van der Waals surface area contributed by atoms with Gasteiger partial charge in [0.25, 0.3) is 0 Å². The van der Waals surface area contributed by atoms with Gasteiger partial charge in [-0.3, -0.25) is 9.59 Å². The fraction of sp³-hybridized carbons (Fsp3) is 0.529. The summed E-state index contributed by atoms with van der Waals surface area (Å²) in [4.78, 5) is 26.3. The Kier molecular flexibility index (Phi) is 5.37. The first kappa shape index (κ1) is 15.5. The van der Waals surface area contributed by atoms with Crippen molar-refractivity contribution in [2.24, 2.45) is 0 Å². The van der Waals surface area contributed by atoms with Crippen molar-refractivity contribution < 1.29 is 9.59 Å². The largest absolute Gasteiger partial charge is 0.339 e. The molecule has 0 spiro atoms. The summed E-state index contributed by atoms with van der Waals surface area (Å²) in [5.41, 5.74) is 1.78. The number of nitrogens with one attached hydrogen (secondary N) is 1. The average molecular weight is 288 g/mol. The van der Waals surface area contributed by atoms with Crippen molar-refractivity contribution in [3.8, 4) is 0 Å². The van der Waals surface area contributed by atoms with Crippen molar-refractivity contribution >= 4 is 17.5 Å². The third-order valence-electron chi connectivity index (χ3n) is 4.15. The number of likely N-dealkylation sites (tertiary alicyclic amines) is 1. The van der Waals surface area contributed by atoms with Gasteiger partial charge in [0, 0.05) is 18.3 Å². The Bertz CT molecular complexity index is 513. The Hall–Kier alpha value is -1.84. The molecule has 4 nitrogen and oxygen atoms in total. The number of benzene rings is 1.